The molecule has 1 unspecified atom stereocenters. The molecular formula is C13H16N2O2S. The van der Waals surface area contributed by atoms with E-state index in [0.717, 1.165) is 12.8 Å². The highest BCUT2D eigenvalue weighted by Gasteiger charge is 2.38. The van der Waals surface area contributed by atoms with Crippen molar-refractivity contribution in [2.24, 2.45) is 5.92 Å². The van der Waals surface area contributed by atoms with Gasteiger partial charge in [-0.25, -0.2) is 0 Å². The highest BCUT2D eigenvalue weighted by Crippen LogP contribution is 2.31. The Morgan fingerprint density at radius 2 is 2.33 bits per heavy atom. The summed E-state index contributed by atoms with van der Waals surface area (Å²) in [6.07, 6.45) is 2.56. The van der Waals surface area contributed by atoms with Gasteiger partial charge in [0.2, 0.25) is 11.8 Å². The van der Waals surface area contributed by atoms with Crippen LogP contribution in [0.3, 0.4) is 0 Å². The monoisotopic (exact) mass is 264 g/mol. The number of rotatable bonds is 4. The minimum atomic E-state index is -0.156. The van der Waals surface area contributed by atoms with E-state index in [-0.39, 0.29) is 17.7 Å². The SMILES string of the molecule is O=C1CC(C(=O)N(Cc2ccsc2)C2CC2)CN1. The van der Waals surface area contributed by atoms with Crippen LogP contribution in [0.15, 0.2) is 16.8 Å². The average molecular weight is 264 g/mol. The molecule has 5 heteroatoms. The fraction of sp³-hybridized carbons (Fsp3) is 0.538. The zero-order valence-electron chi connectivity index (χ0n) is 10.1. The first kappa shape index (κ1) is 11.7. The molecule has 1 aliphatic carbocycles. The fourth-order valence-electron chi connectivity index (χ4n) is 2.37. The molecule has 0 radical (unpaired) electrons. The summed E-state index contributed by atoms with van der Waals surface area (Å²) in [6.45, 7) is 1.20. The van der Waals surface area contributed by atoms with E-state index in [9.17, 15) is 9.59 Å². The van der Waals surface area contributed by atoms with Crippen molar-refractivity contribution in [3.05, 3.63) is 22.4 Å². The number of hydrogen-bond donors (Lipinski definition) is 1. The van der Waals surface area contributed by atoms with Crippen LogP contribution in [0.4, 0.5) is 0 Å². The van der Waals surface area contributed by atoms with E-state index in [1.165, 1.54) is 5.56 Å². The van der Waals surface area contributed by atoms with Gasteiger partial charge in [-0.2, -0.15) is 11.3 Å². The molecule has 2 aliphatic rings. The van der Waals surface area contributed by atoms with E-state index in [2.05, 4.69) is 16.8 Å². The second-order valence-corrected chi connectivity index (χ2v) is 5.81. The largest absolute Gasteiger partial charge is 0.355 e. The van der Waals surface area contributed by atoms with Gasteiger partial charge in [0.1, 0.15) is 0 Å². The van der Waals surface area contributed by atoms with Crippen LogP contribution >= 0.6 is 11.3 Å². The lowest BCUT2D eigenvalue weighted by Crippen LogP contribution is -2.38. The van der Waals surface area contributed by atoms with Crippen LogP contribution in [0.25, 0.3) is 0 Å². The Morgan fingerprint density at radius 3 is 2.89 bits per heavy atom. The number of hydrogen-bond acceptors (Lipinski definition) is 3. The molecule has 0 bridgehead atoms. The molecule has 2 heterocycles. The van der Waals surface area contributed by atoms with Crippen LogP contribution in [0.2, 0.25) is 0 Å². The topological polar surface area (TPSA) is 49.4 Å². The predicted octanol–water partition coefficient (Wildman–Crippen LogP) is 1.38. The van der Waals surface area contributed by atoms with Crippen molar-refractivity contribution in [1.82, 2.24) is 10.2 Å². The van der Waals surface area contributed by atoms with Crippen molar-refractivity contribution >= 4 is 23.2 Å². The van der Waals surface area contributed by atoms with Gasteiger partial charge in [0.25, 0.3) is 0 Å². The Morgan fingerprint density at radius 1 is 1.50 bits per heavy atom. The van der Waals surface area contributed by atoms with Gasteiger partial charge in [0.15, 0.2) is 0 Å². The van der Waals surface area contributed by atoms with E-state index in [1.807, 2.05) is 10.3 Å². The zero-order valence-corrected chi connectivity index (χ0v) is 10.9. The summed E-state index contributed by atoms with van der Waals surface area (Å²) in [6, 6.07) is 2.46. The van der Waals surface area contributed by atoms with E-state index in [1.54, 1.807) is 11.3 Å². The molecule has 0 spiro atoms. The number of amides is 2. The number of thiophene rings is 1. The molecule has 1 N–H and O–H groups in total. The lowest BCUT2D eigenvalue weighted by atomic mass is 10.1. The van der Waals surface area contributed by atoms with Crippen molar-refractivity contribution in [3.63, 3.8) is 0 Å². The predicted molar refractivity (Wildman–Crippen MR) is 69.0 cm³/mol. The van der Waals surface area contributed by atoms with Crippen molar-refractivity contribution in [2.45, 2.75) is 31.8 Å². The molecule has 18 heavy (non-hydrogen) atoms. The number of carbonyl (C=O) groups is 2. The van der Waals surface area contributed by atoms with E-state index >= 15 is 0 Å². The molecule has 1 atom stereocenters. The summed E-state index contributed by atoms with van der Waals surface area (Å²) in [7, 11) is 0. The maximum absolute atomic E-state index is 12.4. The van der Waals surface area contributed by atoms with E-state index in [4.69, 9.17) is 0 Å². The van der Waals surface area contributed by atoms with Gasteiger partial charge in [-0.05, 0) is 35.2 Å². The summed E-state index contributed by atoms with van der Waals surface area (Å²) in [4.78, 5) is 25.6. The van der Waals surface area contributed by atoms with Crippen LogP contribution in [0, 0.1) is 5.92 Å². The minimum Gasteiger partial charge on any atom is -0.355 e. The first-order valence-electron chi connectivity index (χ1n) is 6.32. The van der Waals surface area contributed by atoms with Crippen molar-refractivity contribution < 1.29 is 9.59 Å². The second-order valence-electron chi connectivity index (χ2n) is 5.03. The smallest absolute Gasteiger partial charge is 0.228 e. The van der Waals surface area contributed by atoms with Gasteiger partial charge in [-0.15, -0.1) is 0 Å². The normalized spacial score (nSPS) is 22.9. The van der Waals surface area contributed by atoms with Crippen molar-refractivity contribution in [2.75, 3.05) is 6.54 Å². The Bertz CT molecular complexity index is 454. The summed E-state index contributed by atoms with van der Waals surface area (Å²) < 4.78 is 0. The Kier molecular flexibility index (Phi) is 3.07. The zero-order chi connectivity index (χ0) is 12.5. The molecular weight excluding hydrogens is 248 g/mol. The molecule has 96 valence electrons. The highest BCUT2D eigenvalue weighted by atomic mass is 32.1. The molecule has 0 aromatic carbocycles. The maximum Gasteiger partial charge on any atom is 0.228 e. The first-order valence-corrected chi connectivity index (χ1v) is 7.26. The van der Waals surface area contributed by atoms with Crippen LogP contribution < -0.4 is 5.32 Å². The maximum atomic E-state index is 12.4. The van der Waals surface area contributed by atoms with Gasteiger partial charge in [0.05, 0.1) is 5.92 Å². The van der Waals surface area contributed by atoms with Gasteiger partial charge < -0.3 is 10.2 Å². The molecule has 4 nitrogen and oxygen atoms in total. The summed E-state index contributed by atoms with van der Waals surface area (Å²) in [5, 5.41) is 6.86. The standard InChI is InChI=1S/C13H16N2O2S/c16-12-5-10(6-14-12)13(17)15(11-1-2-11)7-9-3-4-18-8-9/h3-4,8,10-11H,1-2,5-7H2,(H,14,16). The van der Waals surface area contributed by atoms with Crippen LogP contribution in [0.5, 0.6) is 0 Å². The Hall–Kier alpha value is -1.36. The first-order chi connectivity index (χ1) is 8.74. The van der Waals surface area contributed by atoms with Gasteiger partial charge in [-0.1, -0.05) is 0 Å². The van der Waals surface area contributed by atoms with Gasteiger partial charge in [-0.3, -0.25) is 9.59 Å². The molecule has 2 amide bonds. The third kappa shape index (κ3) is 2.41. The summed E-state index contributed by atoms with van der Waals surface area (Å²) >= 11 is 1.65. The molecule has 1 aromatic rings. The average Bonchev–Trinajstić information content (AvgIpc) is 2.88. The van der Waals surface area contributed by atoms with E-state index < -0.39 is 0 Å². The molecule has 1 saturated heterocycles. The van der Waals surface area contributed by atoms with Gasteiger partial charge >= 0.3 is 0 Å². The van der Waals surface area contributed by atoms with E-state index in [0.29, 0.717) is 25.6 Å². The van der Waals surface area contributed by atoms with Crippen LogP contribution in [-0.2, 0) is 16.1 Å². The summed E-state index contributed by atoms with van der Waals surface area (Å²) in [5.41, 5.74) is 1.19. The molecule has 1 saturated carbocycles. The summed E-state index contributed by atoms with van der Waals surface area (Å²) in [5.74, 6) is -0.0154. The quantitative estimate of drug-likeness (QED) is 0.893. The van der Waals surface area contributed by atoms with Crippen LogP contribution in [-0.4, -0.2) is 29.3 Å². The number of nitrogens with zero attached hydrogens (tertiary/aromatic N) is 1. The van der Waals surface area contributed by atoms with Crippen LogP contribution in [0.1, 0.15) is 24.8 Å². The highest BCUT2D eigenvalue weighted by molar-refractivity contribution is 7.07. The second kappa shape index (κ2) is 4.72. The molecule has 1 aromatic heterocycles. The lowest BCUT2D eigenvalue weighted by molar-refractivity contribution is -0.137. The minimum absolute atomic E-state index is 0.000342. The third-order valence-electron chi connectivity index (χ3n) is 3.53. The Labute approximate surface area is 110 Å². The number of carbonyl (C=O) groups excluding carboxylic acids is 2. The molecule has 3 rings (SSSR count). The van der Waals surface area contributed by atoms with Crippen molar-refractivity contribution in [1.29, 1.82) is 0 Å². The number of nitrogens with one attached hydrogen (secondary N) is 1. The fourth-order valence-corrected chi connectivity index (χ4v) is 3.03. The molecule has 2 fully saturated rings. The van der Waals surface area contributed by atoms with Gasteiger partial charge in [0, 0.05) is 25.6 Å². The Balaban J connectivity index is 1.69. The lowest BCUT2D eigenvalue weighted by Gasteiger charge is -2.24. The third-order valence-corrected chi connectivity index (χ3v) is 4.26. The molecule has 1 aliphatic heterocycles. The van der Waals surface area contributed by atoms with Crippen molar-refractivity contribution in [3.8, 4) is 0 Å².